The van der Waals surface area contributed by atoms with Gasteiger partial charge in [-0.15, -0.1) is 0 Å². The molecule has 0 saturated heterocycles. The molecule has 0 radical (unpaired) electrons. The van der Waals surface area contributed by atoms with Crippen molar-refractivity contribution in [3.63, 3.8) is 0 Å². The maximum atomic E-state index is 13.0. The van der Waals surface area contributed by atoms with Crippen molar-refractivity contribution in [2.24, 2.45) is 0 Å². The first-order valence-electron chi connectivity index (χ1n) is 10.1. The molecule has 0 aliphatic carbocycles. The fraction of sp³-hybridized carbons (Fsp3) is 0.261. The lowest BCUT2D eigenvalue weighted by Crippen LogP contribution is -2.31. The summed E-state index contributed by atoms with van der Waals surface area (Å²) in [6, 6.07) is 12.7. The van der Waals surface area contributed by atoms with E-state index in [-0.39, 0.29) is 18.2 Å². The number of alkyl halides is 3. The van der Waals surface area contributed by atoms with Gasteiger partial charge in [-0.2, -0.15) is 13.2 Å². The number of aromatic nitrogens is 2. The molecule has 0 fully saturated rings. The van der Waals surface area contributed by atoms with E-state index < -0.39 is 17.8 Å². The second-order valence-electron chi connectivity index (χ2n) is 7.14. The third-order valence-electron chi connectivity index (χ3n) is 4.84. The molecular weight excluding hydrogens is 457 g/mol. The normalized spacial score (nSPS) is 11.5. The highest BCUT2D eigenvalue weighted by molar-refractivity contribution is 6.30. The standard InChI is InChI=1S/C23H22ClF3N4O2/c1-3-30(2)13-14-33-22(32)31(19-9-7-17(8-10-19)23(25,26)27)21-28-12-11-20(29-21)16-5-4-6-18(24)15-16/h4-12,15H,3,13-14H2,1-2H3. The molecule has 10 heteroatoms. The van der Waals surface area contributed by atoms with Crippen molar-refractivity contribution in [1.82, 2.24) is 14.9 Å². The monoisotopic (exact) mass is 478 g/mol. The Morgan fingerprint density at radius 2 is 1.85 bits per heavy atom. The highest BCUT2D eigenvalue weighted by atomic mass is 35.5. The lowest BCUT2D eigenvalue weighted by Gasteiger charge is -2.22. The minimum absolute atomic E-state index is 0.0407. The Bertz CT molecular complexity index is 1090. The van der Waals surface area contributed by atoms with Crippen LogP contribution in [-0.4, -0.2) is 47.7 Å². The number of halogens is 4. The summed E-state index contributed by atoms with van der Waals surface area (Å²) in [5.74, 6) is -0.0407. The summed E-state index contributed by atoms with van der Waals surface area (Å²) in [6.07, 6.45) is -3.85. The van der Waals surface area contributed by atoms with Crippen molar-refractivity contribution in [3.05, 3.63) is 71.4 Å². The van der Waals surface area contributed by atoms with Gasteiger partial charge < -0.3 is 9.64 Å². The Morgan fingerprint density at radius 1 is 1.12 bits per heavy atom. The highest BCUT2D eigenvalue weighted by Crippen LogP contribution is 2.32. The Labute approximate surface area is 194 Å². The number of rotatable bonds is 7. The average molecular weight is 479 g/mol. The van der Waals surface area contributed by atoms with Crippen LogP contribution in [0.4, 0.5) is 29.6 Å². The first-order chi connectivity index (χ1) is 15.7. The molecule has 0 bridgehead atoms. The molecule has 1 heterocycles. The van der Waals surface area contributed by atoms with Crippen LogP contribution in [0, 0.1) is 0 Å². The van der Waals surface area contributed by atoms with Gasteiger partial charge in [0.05, 0.1) is 16.9 Å². The molecule has 33 heavy (non-hydrogen) atoms. The number of nitrogens with zero attached hydrogens (tertiary/aromatic N) is 4. The number of carbonyl (C=O) groups is 1. The minimum atomic E-state index is -4.50. The number of hydrogen-bond donors (Lipinski definition) is 0. The maximum absolute atomic E-state index is 13.0. The number of carbonyl (C=O) groups excluding carboxylic acids is 1. The predicted octanol–water partition coefficient (Wildman–Crippen LogP) is 6.04. The smallest absolute Gasteiger partial charge is 0.421 e. The first kappa shape index (κ1) is 24.5. The van der Waals surface area contributed by atoms with Gasteiger partial charge >= 0.3 is 12.3 Å². The zero-order valence-corrected chi connectivity index (χ0v) is 18.8. The molecular formula is C23H22ClF3N4O2. The minimum Gasteiger partial charge on any atom is -0.447 e. The van der Waals surface area contributed by atoms with E-state index in [1.54, 1.807) is 30.3 Å². The van der Waals surface area contributed by atoms with E-state index in [1.165, 1.54) is 18.3 Å². The second-order valence-corrected chi connectivity index (χ2v) is 7.58. The number of hydrogen-bond acceptors (Lipinski definition) is 5. The van der Waals surface area contributed by atoms with Crippen LogP contribution in [0.1, 0.15) is 12.5 Å². The van der Waals surface area contributed by atoms with Crippen molar-refractivity contribution in [3.8, 4) is 11.3 Å². The molecule has 0 spiro atoms. The van der Waals surface area contributed by atoms with Crippen LogP contribution >= 0.6 is 11.6 Å². The fourth-order valence-electron chi connectivity index (χ4n) is 2.88. The van der Waals surface area contributed by atoms with Crippen molar-refractivity contribution < 1.29 is 22.7 Å². The van der Waals surface area contributed by atoms with E-state index in [0.29, 0.717) is 22.8 Å². The molecule has 3 rings (SSSR count). The van der Waals surface area contributed by atoms with Gasteiger partial charge in [-0.05, 0) is 56.1 Å². The molecule has 0 aliphatic rings. The van der Waals surface area contributed by atoms with Crippen molar-refractivity contribution in [2.75, 3.05) is 31.6 Å². The molecule has 0 aliphatic heterocycles. The zero-order chi connectivity index (χ0) is 24.0. The maximum Gasteiger partial charge on any atom is 0.421 e. The average Bonchev–Trinajstić information content (AvgIpc) is 2.79. The summed E-state index contributed by atoms with van der Waals surface area (Å²) >= 11 is 6.07. The van der Waals surface area contributed by atoms with E-state index in [1.807, 2.05) is 18.9 Å². The lowest BCUT2D eigenvalue weighted by molar-refractivity contribution is -0.137. The van der Waals surface area contributed by atoms with E-state index in [4.69, 9.17) is 16.3 Å². The SMILES string of the molecule is CCN(C)CCOC(=O)N(c1ccc(C(F)(F)F)cc1)c1nccc(-c2cccc(Cl)c2)n1. The van der Waals surface area contributed by atoms with Crippen LogP contribution < -0.4 is 4.90 Å². The third kappa shape index (κ3) is 6.43. The summed E-state index contributed by atoms with van der Waals surface area (Å²) in [7, 11) is 1.87. The Hall–Kier alpha value is -3.17. The van der Waals surface area contributed by atoms with Crippen LogP contribution in [0.5, 0.6) is 0 Å². The molecule has 6 nitrogen and oxygen atoms in total. The number of ether oxygens (including phenoxy) is 1. The van der Waals surface area contributed by atoms with Gasteiger partial charge in [0.1, 0.15) is 6.61 Å². The molecule has 0 atom stereocenters. The number of benzene rings is 2. The molecule has 0 saturated carbocycles. The number of anilines is 2. The van der Waals surface area contributed by atoms with Gasteiger partial charge in [0.2, 0.25) is 5.95 Å². The zero-order valence-electron chi connectivity index (χ0n) is 18.0. The summed E-state index contributed by atoms with van der Waals surface area (Å²) in [5, 5.41) is 0.506. The molecule has 0 N–H and O–H groups in total. The van der Waals surface area contributed by atoms with Gasteiger partial charge in [-0.3, -0.25) is 0 Å². The van der Waals surface area contributed by atoms with Gasteiger partial charge in [-0.1, -0.05) is 30.7 Å². The Morgan fingerprint density at radius 3 is 2.48 bits per heavy atom. The molecule has 0 unspecified atom stereocenters. The first-order valence-corrected chi connectivity index (χ1v) is 10.5. The van der Waals surface area contributed by atoms with E-state index in [9.17, 15) is 18.0 Å². The largest absolute Gasteiger partial charge is 0.447 e. The van der Waals surface area contributed by atoms with E-state index in [2.05, 4.69) is 9.97 Å². The van der Waals surface area contributed by atoms with Crippen LogP contribution in [0.3, 0.4) is 0 Å². The predicted molar refractivity (Wildman–Crippen MR) is 121 cm³/mol. The number of amides is 1. The Balaban J connectivity index is 1.96. The van der Waals surface area contributed by atoms with E-state index >= 15 is 0 Å². The van der Waals surface area contributed by atoms with Gasteiger partial charge in [0, 0.05) is 23.3 Å². The summed E-state index contributed by atoms with van der Waals surface area (Å²) in [6.45, 7) is 3.32. The van der Waals surface area contributed by atoms with Crippen LogP contribution in [0.15, 0.2) is 60.8 Å². The highest BCUT2D eigenvalue weighted by Gasteiger charge is 2.31. The van der Waals surface area contributed by atoms with E-state index in [0.717, 1.165) is 23.6 Å². The molecule has 1 aromatic heterocycles. The summed E-state index contributed by atoms with van der Waals surface area (Å²) < 4.78 is 44.4. The summed E-state index contributed by atoms with van der Waals surface area (Å²) in [5.41, 5.74) is 0.479. The van der Waals surface area contributed by atoms with Crippen LogP contribution in [0.25, 0.3) is 11.3 Å². The van der Waals surface area contributed by atoms with Crippen LogP contribution in [0.2, 0.25) is 5.02 Å². The molecule has 1 amide bonds. The topological polar surface area (TPSA) is 58.6 Å². The van der Waals surface area contributed by atoms with Crippen molar-refractivity contribution >= 4 is 29.3 Å². The molecule has 2 aromatic carbocycles. The second kappa shape index (κ2) is 10.6. The fourth-order valence-corrected chi connectivity index (χ4v) is 3.07. The van der Waals surface area contributed by atoms with Gasteiger partial charge in [0.25, 0.3) is 0 Å². The van der Waals surface area contributed by atoms with Crippen molar-refractivity contribution in [2.45, 2.75) is 13.1 Å². The summed E-state index contributed by atoms with van der Waals surface area (Å²) in [4.78, 5) is 24.6. The molecule has 3 aromatic rings. The van der Waals surface area contributed by atoms with Gasteiger partial charge in [0.15, 0.2) is 0 Å². The van der Waals surface area contributed by atoms with Crippen LogP contribution in [-0.2, 0) is 10.9 Å². The quantitative estimate of drug-likeness (QED) is 0.414. The Kier molecular flexibility index (Phi) is 7.88. The third-order valence-corrected chi connectivity index (χ3v) is 5.07. The lowest BCUT2D eigenvalue weighted by atomic mass is 10.1. The van der Waals surface area contributed by atoms with Crippen molar-refractivity contribution in [1.29, 1.82) is 0 Å². The molecule has 174 valence electrons. The number of likely N-dealkylation sites (N-methyl/N-ethyl adjacent to an activating group) is 1. The van der Waals surface area contributed by atoms with Gasteiger partial charge in [-0.25, -0.2) is 19.7 Å².